The van der Waals surface area contributed by atoms with Crippen molar-refractivity contribution in [2.24, 2.45) is 5.73 Å². The summed E-state index contributed by atoms with van der Waals surface area (Å²) >= 11 is 1.52. The lowest BCUT2D eigenvalue weighted by molar-refractivity contribution is 0.219. The Kier molecular flexibility index (Phi) is 5.39. The first kappa shape index (κ1) is 9.75. The molecule has 58 valence electrons. The summed E-state index contributed by atoms with van der Waals surface area (Å²) in [7, 11) is 0. The van der Waals surface area contributed by atoms with Crippen molar-refractivity contribution in [2.45, 2.75) is 13.2 Å². The lowest BCUT2D eigenvalue weighted by Gasteiger charge is -2.06. The fraction of sp³-hybridized carbons (Fsp3) is 0.429. The molecule has 0 rings (SSSR count). The van der Waals surface area contributed by atoms with Crippen LogP contribution in [0.5, 0.6) is 0 Å². The molecule has 0 aromatic carbocycles. The van der Waals surface area contributed by atoms with E-state index in [4.69, 9.17) is 10.8 Å². The molecule has 0 aliphatic carbocycles. The molecule has 0 aliphatic heterocycles. The zero-order chi connectivity index (χ0) is 7.98. The molecule has 0 saturated carbocycles. The highest BCUT2D eigenvalue weighted by atomic mass is 32.2. The summed E-state index contributed by atoms with van der Waals surface area (Å²) in [6.07, 6.45) is 0.999. The molecule has 0 aliphatic rings. The van der Waals surface area contributed by atoms with Crippen molar-refractivity contribution >= 4 is 11.8 Å². The van der Waals surface area contributed by atoms with E-state index >= 15 is 0 Å². The van der Waals surface area contributed by atoms with Crippen molar-refractivity contribution in [1.29, 1.82) is 0 Å². The van der Waals surface area contributed by atoms with Gasteiger partial charge in [0.15, 0.2) is 0 Å². The van der Waals surface area contributed by atoms with E-state index in [2.05, 4.69) is 6.58 Å². The molecule has 0 bridgehead atoms. The highest BCUT2D eigenvalue weighted by molar-refractivity contribution is 8.02. The quantitative estimate of drug-likeness (QED) is 0.477. The van der Waals surface area contributed by atoms with E-state index in [0.29, 0.717) is 0 Å². The van der Waals surface area contributed by atoms with Gasteiger partial charge in [0, 0.05) is 5.75 Å². The van der Waals surface area contributed by atoms with Gasteiger partial charge >= 0.3 is 0 Å². The van der Waals surface area contributed by atoms with Crippen molar-refractivity contribution in [1.82, 2.24) is 0 Å². The van der Waals surface area contributed by atoms with Gasteiger partial charge in [0.25, 0.3) is 0 Å². The van der Waals surface area contributed by atoms with Crippen LogP contribution in [0.2, 0.25) is 0 Å². The zero-order valence-electron chi connectivity index (χ0n) is 6.08. The molecule has 1 unspecified atom stereocenters. The summed E-state index contributed by atoms with van der Waals surface area (Å²) in [5.41, 5.74) is 6.07. The summed E-state index contributed by atoms with van der Waals surface area (Å²) in [4.78, 5) is 0. The second-order valence-electron chi connectivity index (χ2n) is 1.79. The van der Waals surface area contributed by atoms with Crippen LogP contribution in [0.4, 0.5) is 0 Å². The Balaban J connectivity index is 3.73. The predicted octanol–water partition coefficient (Wildman–Crippen LogP) is 1.09. The van der Waals surface area contributed by atoms with Crippen LogP contribution in [0.3, 0.4) is 0 Å². The van der Waals surface area contributed by atoms with Crippen molar-refractivity contribution in [2.75, 3.05) is 5.75 Å². The largest absolute Gasteiger partial charge is 0.375 e. The fourth-order valence-corrected chi connectivity index (χ4v) is 1.14. The van der Waals surface area contributed by atoms with E-state index in [9.17, 15) is 0 Å². The van der Waals surface area contributed by atoms with E-state index in [1.54, 1.807) is 5.41 Å². The topological polar surface area (TPSA) is 46.2 Å². The molecule has 0 aromatic heterocycles. The van der Waals surface area contributed by atoms with Gasteiger partial charge in [-0.3, -0.25) is 0 Å². The molecule has 0 aromatic rings. The lowest BCUT2D eigenvalue weighted by atomic mass is 10.3. The number of aliphatic hydroxyl groups excluding tert-OH is 1. The van der Waals surface area contributed by atoms with Crippen molar-refractivity contribution in [3.05, 3.63) is 23.6 Å². The number of hydrogen-bond donors (Lipinski definition) is 2. The first-order valence-electron chi connectivity index (χ1n) is 3.03. The molecule has 0 amide bonds. The Morgan fingerprint density at radius 1 is 1.90 bits per heavy atom. The van der Waals surface area contributed by atoms with Gasteiger partial charge in [0.1, 0.15) is 6.23 Å². The normalized spacial score (nSPS) is 14.9. The molecule has 3 heteroatoms. The highest BCUT2D eigenvalue weighted by Crippen LogP contribution is 2.09. The number of hydrogen-bond acceptors (Lipinski definition) is 3. The van der Waals surface area contributed by atoms with Crippen LogP contribution in [-0.4, -0.2) is 17.1 Å². The number of aliphatic hydroxyl groups is 1. The lowest BCUT2D eigenvalue weighted by Crippen LogP contribution is -2.22. The van der Waals surface area contributed by atoms with Crippen LogP contribution in [0.15, 0.2) is 23.6 Å². The predicted molar refractivity (Wildman–Crippen MR) is 46.6 cm³/mol. The van der Waals surface area contributed by atoms with E-state index in [1.165, 1.54) is 11.8 Å². The van der Waals surface area contributed by atoms with E-state index < -0.39 is 6.23 Å². The minimum absolute atomic E-state index is 0.720. The smallest absolute Gasteiger partial charge is 0.125 e. The Labute approximate surface area is 65.8 Å². The summed E-state index contributed by atoms with van der Waals surface area (Å²) in [6, 6.07) is 0. The van der Waals surface area contributed by atoms with Crippen LogP contribution in [-0.2, 0) is 0 Å². The van der Waals surface area contributed by atoms with Crippen molar-refractivity contribution < 1.29 is 5.11 Å². The van der Waals surface area contributed by atoms with E-state index in [-0.39, 0.29) is 0 Å². The number of rotatable bonds is 4. The van der Waals surface area contributed by atoms with E-state index in [0.717, 1.165) is 11.3 Å². The summed E-state index contributed by atoms with van der Waals surface area (Å²) < 4.78 is 0. The molecule has 0 fully saturated rings. The highest BCUT2D eigenvalue weighted by Gasteiger charge is 2.01. The van der Waals surface area contributed by atoms with Crippen molar-refractivity contribution in [3.8, 4) is 0 Å². The van der Waals surface area contributed by atoms with Crippen LogP contribution in [0.25, 0.3) is 0 Å². The maximum absolute atomic E-state index is 8.90. The third kappa shape index (κ3) is 3.71. The third-order valence-electron chi connectivity index (χ3n) is 1.12. The second kappa shape index (κ2) is 5.53. The molecule has 2 nitrogen and oxygen atoms in total. The average Bonchev–Trinajstić information content (AvgIpc) is 1.89. The molecule has 0 spiro atoms. The van der Waals surface area contributed by atoms with Crippen LogP contribution in [0.1, 0.15) is 6.92 Å². The van der Waals surface area contributed by atoms with Gasteiger partial charge in [0.05, 0.1) is 0 Å². The second-order valence-corrected chi connectivity index (χ2v) is 2.74. The average molecular weight is 159 g/mol. The molecule has 0 heterocycles. The Morgan fingerprint density at radius 3 is 2.80 bits per heavy atom. The summed E-state index contributed by atoms with van der Waals surface area (Å²) in [5.74, 6) is 0.720. The molecule has 10 heavy (non-hydrogen) atoms. The molecule has 0 radical (unpaired) electrons. The van der Waals surface area contributed by atoms with Gasteiger partial charge in [-0.1, -0.05) is 12.7 Å². The van der Waals surface area contributed by atoms with Gasteiger partial charge in [-0.25, -0.2) is 0 Å². The van der Waals surface area contributed by atoms with E-state index in [1.807, 2.05) is 13.0 Å². The van der Waals surface area contributed by atoms with Gasteiger partial charge in [0.2, 0.25) is 0 Å². The fourth-order valence-electron chi connectivity index (χ4n) is 0.495. The number of allylic oxidation sites excluding steroid dienone is 1. The van der Waals surface area contributed by atoms with Gasteiger partial charge in [-0.2, -0.15) is 0 Å². The Hall–Kier alpha value is -0.250. The first-order chi connectivity index (χ1) is 4.72. The maximum Gasteiger partial charge on any atom is 0.125 e. The van der Waals surface area contributed by atoms with Crippen LogP contribution in [0, 0.1) is 0 Å². The van der Waals surface area contributed by atoms with Crippen molar-refractivity contribution in [3.63, 3.8) is 0 Å². The Bertz CT molecular complexity index is 132. The van der Waals surface area contributed by atoms with Gasteiger partial charge < -0.3 is 10.8 Å². The minimum Gasteiger partial charge on any atom is -0.375 e. The van der Waals surface area contributed by atoms with Gasteiger partial charge in [-0.05, 0) is 17.9 Å². The maximum atomic E-state index is 8.90. The zero-order valence-corrected chi connectivity index (χ0v) is 6.90. The Morgan fingerprint density at radius 2 is 2.50 bits per heavy atom. The standard InChI is InChI=1S/C7H13NOS/c1-3-6(7(8)9)5-10-4-2/h3-4,7,9H,2,5,8H2,1H3/b6-3+. The number of thioether (sulfide) groups is 1. The minimum atomic E-state index is -0.822. The van der Waals surface area contributed by atoms with Gasteiger partial charge in [-0.15, -0.1) is 11.8 Å². The molecular weight excluding hydrogens is 146 g/mol. The number of nitrogens with two attached hydrogens (primary N) is 1. The summed E-state index contributed by atoms with van der Waals surface area (Å²) in [5, 5.41) is 10.6. The third-order valence-corrected chi connectivity index (χ3v) is 1.85. The van der Waals surface area contributed by atoms with Crippen LogP contribution < -0.4 is 5.73 Å². The monoisotopic (exact) mass is 159 g/mol. The molecule has 1 atom stereocenters. The molecular formula is C7H13NOS. The molecule has 3 N–H and O–H groups in total. The first-order valence-corrected chi connectivity index (χ1v) is 4.08. The summed E-state index contributed by atoms with van der Waals surface area (Å²) in [6.45, 7) is 5.40. The van der Waals surface area contributed by atoms with Crippen LogP contribution >= 0.6 is 11.8 Å². The SMILES string of the molecule is C=CSC/C(=C\C)C(N)O. The molecule has 0 saturated heterocycles.